The molecule has 1 aliphatic heterocycles. The van der Waals surface area contributed by atoms with Crippen LogP contribution in [0.3, 0.4) is 0 Å². The molecule has 2 atom stereocenters. The van der Waals surface area contributed by atoms with E-state index in [1.165, 1.54) is 12.7 Å². The highest BCUT2D eigenvalue weighted by Gasteiger charge is 2.39. The Balaban J connectivity index is 0.000000461. The summed E-state index contributed by atoms with van der Waals surface area (Å²) in [5.41, 5.74) is 3.49. The molecule has 0 saturated carbocycles. The van der Waals surface area contributed by atoms with Gasteiger partial charge in [0.2, 0.25) is 11.1 Å². The Hall–Kier alpha value is -2.55. The number of hydrogen-bond acceptors (Lipinski definition) is 2. The standard InChI is InChI=1S/C20H19ClN2O2.BF4/c1-12(20(24)25-2)14-6-7-15-16-11-13(21)5-8-17(16)22-18(15)19(14)23-9-3-4-10-23;2-1(3,4)5/h3-5,8-12,14H,6-7H2,1-2H3;/q;-1/p+1. The Morgan fingerprint density at radius 2 is 1.90 bits per heavy atom. The van der Waals surface area contributed by atoms with Gasteiger partial charge in [-0.05, 0) is 37.1 Å². The fraction of sp³-hybridized carbons (Fsp3) is 0.300. The van der Waals surface area contributed by atoms with Crippen molar-refractivity contribution in [2.75, 3.05) is 7.11 Å². The monoisotopic (exact) mass is 442 g/mol. The van der Waals surface area contributed by atoms with Crippen LogP contribution in [0.25, 0.3) is 11.3 Å². The SMILES string of the molecule is COC(=O)C(C)C1CCC2=c3cc(Cl)ccc3=[NH+]C2=C1n1cccc1.F[B-](F)(F)F. The number of rotatable bonds is 3. The summed E-state index contributed by atoms with van der Waals surface area (Å²) in [6, 6.07) is 9.93. The summed E-state index contributed by atoms with van der Waals surface area (Å²) < 4.78 is 46.1. The summed E-state index contributed by atoms with van der Waals surface area (Å²) in [5.74, 6) is -0.279. The molecular formula is C20H20BClF4N2O2. The second-order valence-electron chi connectivity index (χ2n) is 7.10. The maximum absolute atomic E-state index is 12.2. The number of methoxy groups -OCH3 is 1. The van der Waals surface area contributed by atoms with Gasteiger partial charge in [-0.15, -0.1) is 0 Å². The van der Waals surface area contributed by atoms with Gasteiger partial charge in [0.1, 0.15) is 0 Å². The molecule has 0 amide bonds. The summed E-state index contributed by atoms with van der Waals surface area (Å²) in [4.78, 5) is 15.7. The van der Waals surface area contributed by atoms with Gasteiger partial charge < -0.3 is 26.6 Å². The summed E-state index contributed by atoms with van der Waals surface area (Å²) in [6.45, 7) is 1.95. The molecule has 30 heavy (non-hydrogen) atoms. The first-order valence-electron chi connectivity index (χ1n) is 9.36. The van der Waals surface area contributed by atoms with Gasteiger partial charge >= 0.3 is 13.2 Å². The highest BCUT2D eigenvalue weighted by Crippen LogP contribution is 2.39. The highest BCUT2D eigenvalue weighted by molar-refractivity contribution is 6.50. The van der Waals surface area contributed by atoms with Crippen LogP contribution in [0, 0.1) is 11.8 Å². The van der Waals surface area contributed by atoms with Crippen LogP contribution >= 0.6 is 11.6 Å². The van der Waals surface area contributed by atoms with Crippen LogP contribution in [0.1, 0.15) is 19.8 Å². The maximum Gasteiger partial charge on any atom is 0.673 e. The highest BCUT2D eigenvalue weighted by atomic mass is 35.5. The third-order valence-electron chi connectivity index (χ3n) is 5.24. The zero-order valence-corrected chi connectivity index (χ0v) is 17.1. The molecule has 4 rings (SSSR count). The Bertz CT molecular complexity index is 1090. The average molecular weight is 443 g/mol. The molecular weight excluding hydrogens is 422 g/mol. The van der Waals surface area contributed by atoms with E-state index in [1.54, 1.807) is 0 Å². The van der Waals surface area contributed by atoms with E-state index in [0.717, 1.165) is 39.8 Å². The molecule has 0 bridgehead atoms. The molecule has 0 spiro atoms. The topological polar surface area (TPSA) is 45.2 Å². The largest absolute Gasteiger partial charge is 0.673 e. The molecule has 10 heteroatoms. The first-order chi connectivity index (χ1) is 14.1. The molecule has 2 aromatic rings. The third kappa shape index (κ3) is 4.78. The number of fused-ring (bicyclic) bond motifs is 2. The summed E-state index contributed by atoms with van der Waals surface area (Å²) in [5, 5.41) is 2.98. The fourth-order valence-electron chi connectivity index (χ4n) is 3.97. The zero-order chi connectivity index (χ0) is 22.1. The number of carbonyl (C=O) groups is 1. The summed E-state index contributed by atoms with van der Waals surface area (Å²) in [6.07, 6.45) is 5.86. The molecule has 1 aromatic heterocycles. The number of hydrogen-bond donors (Lipinski definition) is 1. The second-order valence-corrected chi connectivity index (χ2v) is 7.53. The van der Waals surface area contributed by atoms with Gasteiger partial charge in [-0.3, -0.25) is 4.79 Å². The lowest BCUT2D eigenvalue weighted by atomic mass is 9.79. The van der Waals surface area contributed by atoms with E-state index in [2.05, 4.69) is 9.56 Å². The smallest absolute Gasteiger partial charge is 0.469 e. The van der Waals surface area contributed by atoms with Gasteiger partial charge in [-0.2, -0.15) is 0 Å². The van der Waals surface area contributed by atoms with Crippen molar-refractivity contribution in [1.82, 2.24) is 4.57 Å². The molecule has 2 heterocycles. The van der Waals surface area contributed by atoms with E-state index in [1.807, 2.05) is 49.6 Å². The molecule has 2 unspecified atom stereocenters. The van der Waals surface area contributed by atoms with Crippen molar-refractivity contribution >= 4 is 36.1 Å². The number of aromatic nitrogens is 1. The fourth-order valence-corrected chi connectivity index (χ4v) is 4.14. The first-order valence-corrected chi connectivity index (χ1v) is 9.73. The number of esters is 1. The van der Waals surface area contributed by atoms with Gasteiger partial charge in [-0.1, -0.05) is 18.5 Å². The minimum absolute atomic E-state index is 0.0934. The first kappa shape index (κ1) is 22.1. The molecule has 0 saturated heterocycles. The van der Waals surface area contributed by atoms with Crippen molar-refractivity contribution in [3.63, 3.8) is 0 Å². The van der Waals surface area contributed by atoms with Crippen molar-refractivity contribution in [3.05, 3.63) is 64.0 Å². The third-order valence-corrected chi connectivity index (χ3v) is 5.48. The number of nitrogens with zero attached hydrogens (tertiary/aromatic N) is 1. The van der Waals surface area contributed by atoms with Crippen LogP contribution in [0.4, 0.5) is 17.3 Å². The summed E-state index contributed by atoms with van der Waals surface area (Å²) >= 11 is 6.21. The number of nitrogens with one attached hydrogen (secondary N) is 1. The number of ether oxygens (including phenoxy) is 1. The second kappa shape index (κ2) is 8.67. The number of carbonyl (C=O) groups excluding carboxylic acids is 1. The zero-order valence-electron chi connectivity index (χ0n) is 16.3. The number of benzene rings is 1. The van der Waals surface area contributed by atoms with Gasteiger partial charge in [0.05, 0.1) is 23.9 Å². The quantitative estimate of drug-likeness (QED) is 0.451. The Labute approximate surface area is 175 Å². The van der Waals surface area contributed by atoms with Gasteiger partial charge in [0, 0.05) is 35.0 Å². The van der Waals surface area contributed by atoms with E-state index in [-0.39, 0.29) is 17.8 Å². The van der Waals surface area contributed by atoms with Crippen molar-refractivity contribution in [3.8, 4) is 0 Å². The molecule has 0 radical (unpaired) electrons. The molecule has 1 aromatic carbocycles. The Morgan fingerprint density at radius 3 is 2.50 bits per heavy atom. The van der Waals surface area contributed by atoms with Gasteiger partial charge in [-0.25, -0.2) is 4.99 Å². The van der Waals surface area contributed by atoms with Crippen molar-refractivity contribution in [2.24, 2.45) is 11.8 Å². The van der Waals surface area contributed by atoms with Crippen molar-refractivity contribution in [2.45, 2.75) is 19.8 Å². The predicted octanol–water partition coefficient (Wildman–Crippen LogP) is 2.39. The average Bonchev–Trinajstić information content (AvgIpc) is 3.32. The molecule has 1 aliphatic carbocycles. The molecule has 160 valence electrons. The van der Waals surface area contributed by atoms with E-state index in [0.29, 0.717) is 0 Å². The van der Waals surface area contributed by atoms with E-state index >= 15 is 0 Å². The van der Waals surface area contributed by atoms with E-state index in [4.69, 9.17) is 16.3 Å². The molecule has 4 nitrogen and oxygen atoms in total. The van der Waals surface area contributed by atoms with Crippen LogP contribution in [0.2, 0.25) is 5.02 Å². The van der Waals surface area contributed by atoms with E-state index < -0.39 is 7.25 Å². The molecule has 2 aliphatic rings. The predicted molar refractivity (Wildman–Crippen MR) is 106 cm³/mol. The normalized spacial score (nSPS) is 18.6. The van der Waals surface area contributed by atoms with Crippen molar-refractivity contribution in [1.29, 1.82) is 0 Å². The molecule has 0 fully saturated rings. The van der Waals surface area contributed by atoms with Crippen LogP contribution in [0.5, 0.6) is 0 Å². The minimum atomic E-state index is -6.00. The lowest BCUT2D eigenvalue weighted by Crippen LogP contribution is -2.74. The number of halogens is 5. The lowest BCUT2D eigenvalue weighted by Gasteiger charge is -2.29. The van der Waals surface area contributed by atoms with Crippen molar-refractivity contribution < 1.29 is 31.8 Å². The van der Waals surface area contributed by atoms with Gasteiger partial charge in [0.25, 0.3) is 0 Å². The van der Waals surface area contributed by atoms with Crippen LogP contribution in [-0.4, -0.2) is 24.9 Å². The maximum atomic E-state index is 12.2. The molecule has 1 N–H and O–H groups in total. The lowest BCUT2D eigenvalue weighted by molar-refractivity contribution is -0.432. The summed E-state index contributed by atoms with van der Waals surface area (Å²) in [7, 11) is -4.55. The van der Waals surface area contributed by atoms with Gasteiger partial charge in [0.15, 0.2) is 0 Å². The Morgan fingerprint density at radius 1 is 1.27 bits per heavy atom. The Kier molecular flexibility index (Phi) is 6.40. The van der Waals surface area contributed by atoms with Crippen LogP contribution < -0.4 is 15.6 Å². The van der Waals surface area contributed by atoms with Crippen LogP contribution in [0.15, 0.2) is 48.4 Å². The number of allylic oxidation sites excluding steroid dienone is 2. The van der Waals surface area contributed by atoms with Crippen LogP contribution in [-0.2, 0) is 9.53 Å². The van der Waals surface area contributed by atoms with E-state index in [9.17, 15) is 22.1 Å². The minimum Gasteiger partial charge on any atom is -0.469 e.